The van der Waals surface area contributed by atoms with E-state index in [9.17, 15) is 4.79 Å². The van der Waals surface area contributed by atoms with Gasteiger partial charge in [-0.05, 0) is 24.6 Å². The third kappa shape index (κ3) is 4.12. The number of hydrogen-bond donors (Lipinski definition) is 1. The van der Waals surface area contributed by atoms with Crippen LogP contribution in [0.25, 0.3) is 11.1 Å². The van der Waals surface area contributed by atoms with Gasteiger partial charge in [0.15, 0.2) is 5.69 Å². The topological polar surface area (TPSA) is 91.2 Å². The summed E-state index contributed by atoms with van der Waals surface area (Å²) >= 11 is 0. The van der Waals surface area contributed by atoms with E-state index in [1.54, 1.807) is 20.2 Å². The lowest BCUT2D eigenvalue weighted by Crippen LogP contribution is -2.43. The number of rotatable bonds is 6. The Balaban J connectivity index is 1.51. The molecule has 29 heavy (non-hydrogen) atoms. The monoisotopic (exact) mass is 393 g/mol. The molecule has 1 aromatic carbocycles. The Morgan fingerprint density at radius 3 is 3.00 bits per heavy atom. The quantitative estimate of drug-likeness (QED) is 0.689. The first-order valence-electron chi connectivity index (χ1n) is 9.52. The van der Waals surface area contributed by atoms with Crippen LogP contribution in [-0.2, 0) is 17.7 Å². The van der Waals surface area contributed by atoms with E-state index in [-0.39, 0.29) is 11.9 Å². The van der Waals surface area contributed by atoms with E-state index >= 15 is 0 Å². The molecule has 1 N–H and O–H groups in total. The Morgan fingerprint density at radius 2 is 2.21 bits per heavy atom. The van der Waals surface area contributed by atoms with Gasteiger partial charge in [-0.2, -0.15) is 9.90 Å². The van der Waals surface area contributed by atoms with Gasteiger partial charge >= 0.3 is 0 Å². The van der Waals surface area contributed by atoms with Crippen LogP contribution in [0, 0.1) is 6.92 Å². The molecule has 2 aromatic heterocycles. The van der Waals surface area contributed by atoms with E-state index in [0.29, 0.717) is 37.6 Å². The Morgan fingerprint density at radius 1 is 1.31 bits per heavy atom. The number of aryl methyl sites for hydroxylation is 1. The van der Waals surface area contributed by atoms with E-state index in [4.69, 9.17) is 9.47 Å². The lowest BCUT2D eigenvalue weighted by molar-refractivity contribution is 0.0908. The highest BCUT2D eigenvalue weighted by Crippen LogP contribution is 2.34. The molecule has 3 heterocycles. The van der Waals surface area contributed by atoms with Crippen molar-refractivity contribution in [2.75, 3.05) is 20.3 Å². The summed E-state index contributed by atoms with van der Waals surface area (Å²) in [5.41, 5.74) is 4.07. The number of nitrogens with zero attached hydrogens (tertiary/aromatic N) is 4. The zero-order chi connectivity index (χ0) is 20.2. The second-order valence-corrected chi connectivity index (χ2v) is 6.93. The smallest absolute Gasteiger partial charge is 0.274 e. The first-order valence-corrected chi connectivity index (χ1v) is 9.52. The molecule has 0 saturated heterocycles. The average molecular weight is 393 g/mol. The van der Waals surface area contributed by atoms with Crippen LogP contribution in [0.2, 0.25) is 0 Å². The molecule has 150 valence electrons. The largest absolute Gasteiger partial charge is 0.491 e. The molecule has 4 rings (SSSR count). The highest BCUT2D eigenvalue weighted by molar-refractivity contribution is 5.93. The molecular formula is C21H23N5O3. The van der Waals surface area contributed by atoms with Crippen LogP contribution >= 0.6 is 0 Å². The van der Waals surface area contributed by atoms with E-state index in [1.165, 1.54) is 4.80 Å². The number of benzene rings is 1. The van der Waals surface area contributed by atoms with Crippen LogP contribution < -0.4 is 10.1 Å². The fourth-order valence-electron chi connectivity index (χ4n) is 3.46. The van der Waals surface area contributed by atoms with Crippen molar-refractivity contribution in [2.24, 2.45) is 0 Å². The second kappa shape index (κ2) is 8.40. The Labute approximate surface area is 168 Å². The van der Waals surface area contributed by atoms with Crippen LogP contribution in [0.15, 0.2) is 42.7 Å². The van der Waals surface area contributed by atoms with Crippen molar-refractivity contribution < 1.29 is 14.3 Å². The highest BCUT2D eigenvalue weighted by Gasteiger charge is 2.26. The standard InChI is InChI=1S/C21H23N5O3/c1-14-20(25-26(24-14)9-10-28-2)21(27)23-16-11-18-17(15-5-4-8-22-12-15)6-3-7-19(18)29-13-16/h3-8,12,16H,9-11,13H2,1-2H3,(H,23,27). The summed E-state index contributed by atoms with van der Waals surface area (Å²) in [6.07, 6.45) is 4.25. The van der Waals surface area contributed by atoms with Crippen LogP contribution in [-0.4, -0.2) is 52.3 Å². The molecule has 1 aliphatic heterocycles. The number of methoxy groups -OCH3 is 1. The molecule has 0 aliphatic carbocycles. The third-order valence-corrected chi connectivity index (χ3v) is 4.87. The van der Waals surface area contributed by atoms with Gasteiger partial charge in [0.05, 0.1) is 24.9 Å². The summed E-state index contributed by atoms with van der Waals surface area (Å²) in [4.78, 5) is 18.5. The van der Waals surface area contributed by atoms with E-state index < -0.39 is 0 Å². The molecule has 8 heteroatoms. The molecule has 1 aliphatic rings. The highest BCUT2D eigenvalue weighted by atomic mass is 16.5. The zero-order valence-electron chi connectivity index (χ0n) is 16.5. The summed E-state index contributed by atoms with van der Waals surface area (Å²) in [6.45, 7) is 3.17. The van der Waals surface area contributed by atoms with Gasteiger partial charge in [-0.25, -0.2) is 0 Å². The van der Waals surface area contributed by atoms with Crippen molar-refractivity contribution >= 4 is 5.91 Å². The van der Waals surface area contributed by atoms with Crippen molar-refractivity contribution in [2.45, 2.75) is 25.9 Å². The lowest BCUT2D eigenvalue weighted by atomic mass is 9.93. The summed E-state index contributed by atoms with van der Waals surface area (Å²) in [5, 5.41) is 11.6. The predicted molar refractivity (Wildman–Crippen MR) is 107 cm³/mol. The lowest BCUT2D eigenvalue weighted by Gasteiger charge is -2.27. The summed E-state index contributed by atoms with van der Waals surface area (Å²) in [6, 6.07) is 9.76. The molecule has 8 nitrogen and oxygen atoms in total. The van der Waals surface area contributed by atoms with Gasteiger partial charge in [-0.3, -0.25) is 9.78 Å². The number of amides is 1. The van der Waals surface area contributed by atoms with Gasteiger partial charge < -0.3 is 14.8 Å². The molecule has 1 amide bonds. The van der Waals surface area contributed by atoms with Crippen LogP contribution in [0.5, 0.6) is 5.75 Å². The Hall–Kier alpha value is -3.26. The van der Waals surface area contributed by atoms with E-state index in [2.05, 4.69) is 26.6 Å². The molecule has 3 aromatic rings. The van der Waals surface area contributed by atoms with E-state index in [1.807, 2.05) is 30.5 Å². The van der Waals surface area contributed by atoms with Crippen molar-refractivity contribution in [3.8, 4) is 16.9 Å². The average Bonchev–Trinajstić information content (AvgIpc) is 3.13. The number of aromatic nitrogens is 4. The van der Waals surface area contributed by atoms with Crippen molar-refractivity contribution in [3.63, 3.8) is 0 Å². The van der Waals surface area contributed by atoms with Crippen LogP contribution in [0.4, 0.5) is 0 Å². The van der Waals surface area contributed by atoms with Crippen LogP contribution in [0.1, 0.15) is 21.7 Å². The number of nitrogens with one attached hydrogen (secondary N) is 1. The van der Waals surface area contributed by atoms with Gasteiger partial charge in [0, 0.05) is 37.1 Å². The summed E-state index contributed by atoms with van der Waals surface area (Å²) < 4.78 is 11.0. The van der Waals surface area contributed by atoms with Gasteiger partial charge in [-0.1, -0.05) is 18.2 Å². The zero-order valence-corrected chi connectivity index (χ0v) is 16.5. The van der Waals surface area contributed by atoms with Gasteiger partial charge in [0.1, 0.15) is 12.4 Å². The van der Waals surface area contributed by atoms with Crippen LogP contribution in [0.3, 0.4) is 0 Å². The SMILES string of the molecule is COCCn1nc(C)c(C(=O)NC2COc3cccc(-c4cccnc4)c3C2)n1. The second-order valence-electron chi connectivity index (χ2n) is 6.93. The minimum atomic E-state index is -0.248. The number of fused-ring (bicyclic) bond motifs is 1. The molecule has 0 spiro atoms. The summed E-state index contributed by atoms with van der Waals surface area (Å²) in [5.74, 6) is 0.598. The fraction of sp³-hybridized carbons (Fsp3) is 0.333. The van der Waals surface area contributed by atoms with Gasteiger partial charge in [0.2, 0.25) is 0 Å². The van der Waals surface area contributed by atoms with E-state index in [0.717, 1.165) is 22.4 Å². The number of carbonyl (C=O) groups is 1. The minimum Gasteiger partial charge on any atom is -0.491 e. The first kappa shape index (κ1) is 19.1. The molecule has 1 atom stereocenters. The van der Waals surface area contributed by atoms with Gasteiger partial charge in [-0.15, -0.1) is 5.10 Å². The van der Waals surface area contributed by atoms with Crippen molar-refractivity contribution in [1.29, 1.82) is 0 Å². The van der Waals surface area contributed by atoms with Gasteiger partial charge in [0.25, 0.3) is 5.91 Å². The molecule has 1 unspecified atom stereocenters. The maximum absolute atomic E-state index is 12.8. The molecule has 0 radical (unpaired) electrons. The molecule has 0 fully saturated rings. The van der Waals surface area contributed by atoms with Crippen molar-refractivity contribution in [1.82, 2.24) is 25.3 Å². The third-order valence-electron chi connectivity index (χ3n) is 4.87. The summed E-state index contributed by atoms with van der Waals surface area (Å²) in [7, 11) is 1.62. The number of ether oxygens (including phenoxy) is 2. The fourth-order valence-corrected chi connectivity index (χ4v) is 3.46. The first-order chi connectivity index (χ1) is 14.2. The predicted octanol–water partition coefficient (Wildman–Crippen LogP) is 2.03. The maximum Gasteiger partial charge on any atom is 0.274 e. The number of carbonyl (C=O) groups excluding carboxylic acids is 1. The minimum absolute atomic E-state index is 0.156. The molecule has 0 saturated carbocycles. The Bertz CT molecular complexity index is 1000. The normalized spacial score (nSPS) is 15.4. The Kier molecular flexibility index (Phi) is 5.53. The molecule has 0 bridgehead atoms. The number of pyridine rings is 1. The molecular weight excluding hydrogens is 370 g/mol. The number of hydrogen-bond acceptors (Lipinski definition) is 6. The maximum atomic E-state index is 12.8. The van der Waals surface area contributed by atoms with Crippen molar-refractivity contribution in [3.05, 3.63) is 59.7 Å².